The van der Waals surface area contributed by atoms with Crippen LogP contribution < -0.4 is 0 Å². The van der Waals surface area contributed by atoms with Crippen LogP contribution in [0, 0.1) is 0 Å². The molecular weight excluding hydrogens is 296 g/mol. The number of hydrogen-bond acceptors (Lipinski definition) is 3. The van der Waals surface area contributed by atoms with Gasteiger partial charge in [0.2, 0.25) is 0 Å². The van der Waals surface area contributed by atoms with Crippen LogP contribution >= 0.6 is 23.5 Å². The molecule has 0 radical (unpaired) electrons. The smallest absolute Gasteiger partial charge is 0.151 e. The van der Waals surface area contributed by atoms with E-state index in [2.05, 4.69) is 58.9 Å². The average molecular weight is 323 g/mol. The van der Waals surface area contributed by atoms with Crippen molar-refractivity contribution in [3.8, 4) is 0 Å². The van der Waals surface area contributed by atoms with E-state index in [1.165, 1.54) is 5.56 Å². The number of Topliss-reactive ketones (excluding diaryl/α,β-unsaturated/α-hetero) is 1. The highest BCUT2D eigenvalue weighted by Crippen LogP contribution is 2.36. The molecule has 0 spiro atoms. The first-order valence-electron chi connectivity index (χ1n) is 7.66. The lowest BCUT2D eigenvalue weighted by Gasteiger charge is -2.30. The summed E-state index contributed by atoms with van der Waals surface area (Å²) in [4.78, 5) is 12.5. The molecular formula is C18H26OS2. The van der Waals surface area contributed by atoms with Crippen molar-refractivity contribution in [2.45, 2.75) is 62.2 Å². The van der Waals surface area contributed by atoms with E-state index in [-0.39, 0.29) is 10.7 Å². The molecule has 1 aliphatic heterocycles. The van der Waals surface area contributed by atoms with E-state index in [9.17, 15) is 4.79 Å². The Kier molecular flexibility index (Phi) is 5.48. The van der Waals surface area contributed by atoms with Crippen LogP contribution in [0.4, 0.5) is 0 Å². The molecule has 0 aromatic heterocycles. The van der Waals surface area contributed by atoms with Gasteiger partial charge >= 0.3 is 0 Å². The summed E-state index contributed by atoms with van der Waals surface area (Å²) in [5.41, 5.74) is 2.64. The summed E-state index contributed by atoms with van der Waals surface area (Å²) in [5, 5.41) is 1.40. The number of benzene rings is 1. The second-order valence-corrected chi connectivity index (χ2v) is 9.95. The molecule has 3 heteroatoms. The zero-order valence-corrected chi connectivity index (χ0v) is 15.3. The van der Waals surface area contributed by atoms with Gasteiger partial charge in [-0.05, 0) is 16.5 Å². The second-order valence-electron chi connectivity index (χ2n) is 6.96. The van der Waals surface area contributed by atoms with E-state index in [0.29, 0.717) is 22.7 Å². The van der Waals surface area contributed by atoms with Crippen molar-refractivity contribution in [2.24, 2.45) is 0 Å². The number of hydrogen-bond donors (Lipinski definition) is 0. The van der Waals surface area contributed by atoms with Crippen LogP contribution in [0.25, 0.3) is 0 Å². The van der Waals surface area contributed by atoms with E-state index >= 15 is 0 Å². The second kappa shape index (κ2) is 6.78. The quantitative estimate of drug-likeness (QED) is 0.801. The Bertz CT molecular complexity index is 487. The van der Waals surface area contributed by atoms with Crippen LogP contribution in [-0.4, -0.2) is 27.3 Å². The maximum atomic E-state index is 12.5. The summed E-state index contributed by atoms with van der Waals surface area (Å²) < 4.78 is 0. The number of ketones is 1. The topological polar surface area (TPSA) is 17.1 Å². The molecule has 0 bridgehead atoms. The lowest BCUT2D eigenvalue weighted by atomic mass is 9.86. The van der Waals surface area contributed by atoms with Crippen molar-refractivity contribution in [2.75, 3.05) is 5.75 Å². The lowest BCUT2D eigenvalue weighted by Crippen LogP contribution is -2.32. The third-order valence-corrected chi connectivity index (χ3v) is 7.55. The van der Waals surface area contributed by atoms with Gasteiger partial charge < -0.3 is 0 Å². The number of rotatable bonds is 3. The zero-order chi connectivity index (χ0) is 15.6. The van der Waals surface area contributed by atoms with Crippen LogP contribution in [-0.2, 0) is 16.6 Å². The standard InChI is InChI=1S/C18H26OS2/c1-12-13(2)21-17(11-20-12)16(19)10-14-6-8-15(9-7-14)18(3,4)5/h6-9,12-13,17H,10-11H2,1-5H3. The van der Waals surface area contributed by atoms with E-state index in [1.54, 1.807) is 0 Å². The van der Waals surface area contributed by atoms with Crippen molar-refractivity contribution < 1.29 is 4.79 Å². The van der Waals surface area contributed by atoms with Gasteiger partial charge in [0.05, 0.1) is 5.25 Å². The minimum Gasteiger partial charge on any atom is -0.298 e. The molecule has 0 aliphatic carbocycles. The van der Waals surface area contributed by atoms with Gasteiger partial charge in [0.1, 0.15) is 0 Å². The van der Waals surface area contributed by atoms with Gasteiger partial charge in [0.15, 0.2) is 5.78 Å². The number of carbonyl (C=O) groups excluding carboxylic acids is 1. The molecule has 1 aromatic carbocycles. The van der Waals surface area contributed by atoms with E-state index in [1.807, 2.05) is 23.5 Å². The summed E-state index contributed by atoms with van der Waals surface area (Å²) in [6.45, 7) is 11.1. The predicted octanol–water partition coefficient (Wildman–Crippen LogP) is 4.72. The highest BCUT2D eigenvalue weighted by molar-refractivity contribution is 8.08. The first-order valence-corrected chi connectivity index (χ1v) is 9.65. The van der Waals surface area contributed by atoms with Crippen LogP contribution in [0.1, 0.15) is 45.7 Å². The first kappa shape index (κ1) is 17.0. The van der Waals surface area contributed by atoms with Gasteiger partial charge in [-0.1, -0.05) is 58.9 Å². The van der Waals surface area contributed by atoms with Crippen LogP contribution in [0.15, 0.2) is 24.3 Å². The van der Waals surface area contributed by atoms with Gasteiger partial charge in [0.25, 0.3) is 0 Å². The summed E-state index contributed by atoms with van der Waals surface area (Å²) >= 11 is 3.80. The molecule has 0 N–H and O–H groups in total. The Morgan fingerprint density at radius 3 is 2.29 bits per heavy atom. The number of carbonyl (C=O) groups is 1. The van der Waals surface area contributed by atoms with Crippen LogP contribution in [0.2, 0.25) is 0 Å². The molecule has 1 fully saturated rings. The monoisotopic (exact) mass is 322 g/mol. The van der Waals surface area contributed by atoms with E-state index < -0.39 is 0 Å². The summed E-state index contributed by atoms with van der Waals surface area (Å²) in [5.74, 6) is 1.35. The Labute approximate surface area is 137 Å². The van der Waals surface area contributed by atoms with Gasteiger partial charge in [-0.25, -0.2) is 0 Å². The third-order valence-electron chi connectivity index (χ3n) is 4.11. The maximum Gasteiger partial charge on any atom is 0.151 e. The van der Waals surface area contributed by atoms with Crippen molar-refractivity contribution in [3.63, 3.8) is 0 Å². The van der Waals surface area contributed by atoms with Crippen molar-refractivity contribution in [1.82, 2.24) is 0 Å². The van der Waals surface area contributed by atoms with E-state index in [4.69, 9.17) is 0 Å². The third kappa shape index (κ3) is 4.53. The van der Waals surface area contributed by atoms with Gasteiger partial charge in [-0.15, -0.1) is 11.8 Å². The first-order chi connectivity index (χ1) is 9.77. The SMILES string of the molecule is CC1SCC(C(=O)Cc2ccc(C(C)(C)C)cc2)SC1C. The Morgan fingerprint density at radius 1 is 1.14 bits per heavy atom. The zero-order valence-electron chi connectivity index (χ0n) is 13.7. The van der Waals surface area contributed by atoms with Crippen molar-refractivity contribution in [3.05, 3.63) is 35.4 Å². The van der Waals surface area contributed by atoms with Crippen LogP contribution in [0.3, 0.4) is 0 Å². The highest BCUT2D eigenvalue weighted by Gasteiger charge is 2.30. The van der Waals surface area contributed by atoms with E-state index in [0.717, 1.165) is 11.3 Å². The van der Waals surface area contributed by atoms with Gasteiger partial charge in [-0.3, -0.25) is 4.79 Å². The average Bonchev–Trinajstić information content (AvgIpc) is 2.41. The van der Waals surface area contributed by atoms with Crippen molar-refractivity contribution in [1.29, 1.82) is 0 Å². The van der Waals surface area contributed by atoms with Crippen molar-refractivity contribution >= 4 is 29.3 Å². The summed E-state index contributed by atoms with van der Waals surface area (Å²) in [6.07, 6.45) is 0.573. The minimum atomic E-state index is 0.170. The molecule has 116 valence electrons. The Morgan fingerprint density at radius 2 is 1.76 bits per heavy atom. The van der Waals surface area contributed by atoms with Crippen LogP contribution in [0.5, 0.6) is 0 Å². The van der Waals surface area contributed by atoms with Gasteiger partial charge in [0, 0.05) is 22.7 Å². The fraction of sp³-hybridized carbons (Fsp3) is 0.611. The molecule has 21 heavy (non-hydrogen) atoms. The summed E-state index contributed by atoms with van der Waals surface area (Å²) in [7, 11) is 0. The molecule has 2 rings (SSSR count). The largest absolute Gasteiger partial charge is 0.298 e. The molecule has 0 amide bonds. The Hall–Kier alpha value is -0.410. The molecule has 3 unspecified atom stereocenters. The predicted molar refractivity (Wildman–Crippen MR) is 96.6 cm³/mol. The fourth-order valence-corrected chi connectivity index (χ4v) is 5.28. The fourth-order valence-electron chi connectivity index (χ4n) is 2.39. The molecule has 1 aliphatic rings. The molecule has 1 aromatic rings. The molecule has 1 nitrogen and oxygen atoms in total. The Balaban J connectivity index is 1.97. The molecule has 1 saturated heterocycles. The highest BCUT2D eigenvalue weighted by atomic mass is 32.2. The number of thioether (sulfide) groups is 2. The normalized spacial score (nSPS) is 26.6. The minimum absolute atomic E-state index is 0.170. The lowest BCUT2D eigenvalue weighted by molar-refractivity contribution is -0.117. The summed E-state index contributed by atoms with van der Waals surface area (Å²) in [6, 6.07) is 8.56. The molecule has 0 saturated carbocycles. The maximum absolute atomic E-state index is 12.5. The van der Waals surface area contributed by atoms with Gasteiger partial charge in [-0.2, -0.15) is 11.8 Å². The molecule has 1 heterocycles. The molecule has 3 atom stereocenters.